The maximum Gasteiger partial charge on any atom is 0.352 e. The summed E-state index contributed by atoms with van der Waals surface area (Å²) >= 11 is 0. The fourth-order valence-corrected chi connectivity index (χ4v) is 3.16. The van der Waals surface area contributed by atoms with E-state index in [0.29, 0.717) is 6.04 Å². The Balaban J connectivity index is 2.14. The van der Waals surface area contributed by atoms with Gasteiger partial charge in [0.15, 0.2) is 0 Å². The molecule has 1 N–H and O–H groups in total. The maximum absolute atomic E-state index is 11.4. The minimum absolute atomic E-state index is 0.206. The molecule has 3 rings (SSSR count). The zero-order chi connectivity index (χ0) is 14.3. The molecule has 0 aliphatic carbocycles. The van der Waals surface area contributed by atoms with E-state index in [0.717, 1.165) is 30.7 Å². The van der Waals surface area contributed by atoms with Crippen LogP contribution in [0.25, 0.3) is 5.52 Å². The first-order valence-electron chi connectivity index (χ1n) is 7.05. The van der Waals surface area contributed by atoms with Crippen molar-refractivity contribution in [3.05, 3.63) is 35.9 Å². The van der Waals surface area contributed by atoms with Crippen molar-refractivity contribution in [2.75, 3.05) is 6.54 Å². The van der Waals surface area contributed by atoms with Crippen LogP contribution < -0.4 is 0 Å². The molecule has 106 valence electrons. The first-order chi connectivity index (χ1) is 9.59. The molecule has 5 heteroatoms. The molecular weight excluding hydrogens is 254 g/mol. The summed E-state index contributed by atoms with van der Waals surface area (Å²) < 4.78 is 1.79. The fraction of sp³-hybridized carbons (Fsp3) is 0.467. The molecule has 0 saturated carbocycles. The monoisotopic (exact) mass is 273 g/mol. The van der Waals surface area contributed by atoms with Crippen molar-refractivity contribution >= 4 is 11.5 Å². The van der Waals surface area contributed by atoms with Crippen LogP contribution >= 0.6 is 0 Å². The number of pyridine rings is 1. The topological polar surface area (TPSA) is 57.8 Å². The summed E-state index contributed by atoms with van der Waals surface area (Å²) in [5.74, 6) is -0.0619. The van der Waals surface area contributed by atoms with Crippen LogP contribution in [0, 0.1) is 0 Å². The molecule has 1 saturated heterocycles. The number of aromatic nitrogens is 2. The zero-order valence-electron chi connectivity index (χ0n) is 11.8. The molecule has 0 aromatic carbocycles. The molecule has 0 amide bonds. The SMILES string of the molecule is CC(C)N1CCCC1c1ncc2cccc(C(=O)O)n12. The summed E-state index contributed by atoms with van der Waals surface area (Å²) in [6.07, 6.45) is 3.93. The number of hydrogen-bond acceptors (Lipinski definition) is 3. The van der Waals surface area contributed by atoms with Crippen LogP contribution in [-0.4, -0.2) is 37.9 Å². The van der Waals surface area contributed by atoms with Crippen molar-refractivity contribution in [2.24, 2.45) is 0 Å². The Hall–Kier alpha value is -1.88. The maximum atomic E-state index is 11.4. The summed E-state index contributed by atoms with van der Waals surface area (Å²) in [4.78, 5) is 18.3. The third-order valence-corrected chi connectivity index (χ3v) is 4.05. The van der Waals surface area contributed by atoms with Gasteiger partial charge in [0.2, 0.25) is 0 Å². The van der Waals surface area contributed by atoms with Gasteiger partial charge in [0.25, 0.3) is 0 Å². The highest BCUT2D eigenvalue weighted by Crippen LogP contribution is 2.33. The van der Waals surface area contributed by atoms with Gasteiger partial charge < -0.3 is 5.11 Å². The molecule has 20 heavy (non-hydrogen) atoms. The van der Waals surface area contributed by atoms with E-state index in [-0.39, 0.29) is 11.7 Å². The van der Waals surface area contributed by atoms with Crippen LogP contribution in [0.5, 0.6) is 0 Å². The lowest BCUT2D eigenvalue weighted by Gasteiger charge is -2.27. The van der Waals surface area contributed by atoms with Crippen LogP contribution in [0.1, 0.15) is 49.0 Å². The van der Waals surface area contributed by atoms with Gasteiger partial charge in [0.1, 0.15) is 11.5 Å². The largest absolute Gasteiger partial charge is 0.477 e. The Morgan fingerprint density at radius 1 is 1.45 bits per heavy atom. The summed E-state index contributed by atoms with van der Waals surface area (Å²) in [5.41, 5.74) is 1.13. The Kier molecular flexibility index (Phi) is 3.22. The van der Waals surface area contributed by atoms with Gasteiger partial charge in [-0.25, -0.2) is 9.78 Å². The van der Waals surface area contributed by atoms with Gasteiger partial charge in [-0.15, -0.1) is 0 Å². The average molecular weight is 273 g/mol. The molecule has 1 aliphatic rings. The van der Waals surface area contributed by atoms with Crippen molar-refractivity contribution in [3.63, 3.8) is 0 Å². The molecule has 2 aromatic heterocycles. The van der Waals surface area contributed by atoms with Crippen LogP contribution in [0.3, 0.4) is 0 Å². The molecule has 0 bridgehead atoms. The highest BCUT2D eigenvalue weighted by molar-refractivity contribution is 5.86. The first-order valence-corrected chi connectivity index (χ1v) is 7.05. The normalized spacial score (nSPS) is 20.1. The molecule has 1 unspecified atom stereocenters. The lowest BCUT2D eigenvalue weighted by Crippen LogP contribution is -2.31. The van der Waals surface area contributed by atoms with Crippen molar-refractivity contribution < 1.29 is 9.90 Å². The van der Waals surface area contributed by atoms with E-state index in [2.05, 4.69) is 23.7 Å². The van der Waals surface area contributed by atoms with Crippen molar-refractivity contribution in [1.29, 1.82) is 0 Å². The molecule has 1 atom stereocenters. The quantitative estimate of drug-likeness (QED) is 0.933. The van der Waals surface area contributed by atoms with Crippen LogP contribution in [-0.2, 0) is 0 Å². The van der Waals surface area contributed by atoms with Crippen molar-refractivity contribution in [3.8, 4) is 0 Å². The molecule has 1 fully saturated rings. The van der Waals surface area contributed by atoms with Crippen molar-refractivity contribution in [1.82, 2.24) is 14.3 Å². The molecule has 0 radical (unpaired) electrons. The highest BCUT2D eigenvalue weighted by Gasteiger charge is 2.31. The fourth-order valence-electron chi connectivity index (χ4n) is 3.16. The number of imidazole rings is 1. The average Bonchev–Trinajstić information content (AvgIpc) is 3.03. The number of carbonyl (C=O) groups is 1. The number of fused-ring (bicyclic) bond motifs is 1. The zero-order valence-corrected chi connectivity index (χ0v) is 11.8. The summed E-state index contributed by atoms with van der Waals surface area (Å²) in [7, 11) is 0. The predicted molar refractivity (Wildman–Crippen MR) is 76.0 cm³/mol. The summed E-state index contributed by atoms with van der Waals surface area (Å²) in [6.45, 7) is 5.39. The van der Waals surface area contributed by atoms with Crippen molar-refractivity contribution in [2.45, 2.75) is 38.8 Å². The van der Waals surface area contributed by atoms with E-state index >= 15 is 0 Å². The first kappa shape index (κ1) is 13.1. The molecule has 5 nitrogen and oxygen atoms in total. The molecule has 2 aromatic rings. The van der Waals surface area contributed by atoms with Crippen LogP contribution in [0.4, 0.5) is 0 Å². The Bertz CT molecular complexity index is 648. The third kappa shape index (κ3) is 1.98. The molecule has 3 heterocycles. The number of aromatic carboxylic acids is 1. The Morgan fingerprint density at radius 2 is 2.25 bits per heavy atom. The standard InChI is InChI=1S/C15H19N3O2/c1-10(2)17-8-4-7-12(17)14-16-9-11-5-3-6-13(15(19)20)18(11)14/h3,5-6,9-10,12H,4,7-8H2,1-2H3,(H,19,20). The van der Waals surface area contributed by atoms with E-state index in [9.17, 15) is 9.90 Å². The number of hydrogen-bond donors (Lipinski definition) is 1. The Labute approximate surface area is 117 Å². The van der Waals surface area contributed by atoms with E-state index in [1.165, 1.54) is 0 Å². The smallest absolute Gasteiger partial charge is 0.352 e. The van der Waals surface area contributed by atoms with Gasteiger partial charge in [-0.3, -0.25) is 9.30 Å². The number of carboxylic acid groups (broad SMARTS) is 1. The van der Waals surface area contributed by atoms with Crippen LogP contribution in [0.15, 0.2) is 24.4 Å². The Morgan fingerprint density at radius 3 is 2.95 bits per heavy atom. The van der Waals surface area contributed by atoms with E-state index < -0.39 is 5.97 Å². The van der Waals surface area contributed by atoms with E-state index in [4.69, 9.17) is 0 Å². The molecule has 1 aliphatic heterocycles. The van der Waals surface area contributed by atoms with Gasteiger partial charge in [-0.1, -0.05) is 6.07 Å². The second-order valence-corrected chi connectivity index (χ2v) is 5.58. The lowest BCUT2D eigenvalue weighted by molar-refractivity contribution is 0.0687. The number of carboxylic acids is 1. The lowest BCUT2D eigenvalue weighted by atomic mass is 10.2. The van der Waals surface area contributed by atoms with Crippen LogP contribution in [0.2, 0.25) is 0 Å². The summed E-state index contributed by atoms with van der Waals surface area (Å²) in [5, 5.41) is 9.38. The number of rotatable bonds is 3. The number of nitrogens with zero attached hydrogens (tertiary/aromatic N) is 3. The van der Waals surface area contributed by atoms with Gasteiger partial charge in [-0.05, 0) is 45.4 Å². The van der Waals surface area contributed by atoms with Gasteiger partial charge in [-0.2, -0.15) is 0 Å². The third-order valence-electron chi connectivity index (χ3n) is 4.05. The summed E-state index contributed by atoms with van der Waals surface area (Å²) in [6, 6.07) is 5.94. The predicted octanol–water partition coefficient (Wildman–Crippen LogP) is 2.58. The highest BCUT2D eigenvalue weighted by atomic mass is 16.4. The minimum Gasteiger partial charge on any atom is -0.477 e. The minimum atomic E-state index is -0.913. The second kappa shape index (κ2) is 4.90. The number of likely N-dealkylation sites (tertiary alicyclic amines) is 1. The van der Waals surface area contributed by atoms with E-state index in [1.807, 2.05) is 6.07 Å². The van der Waals surface area contributed by atoms with Gasteiger partial charge in [0, 0.05) is 6.04 Å². The van der Waals surface area contributed by atoms with E-state index in [1.54, 1.807) is 22.7 Å². The van der Waals surface area contributed by atoms with Gasteiger partial charge >= 0.3 is 5.97 Å². The second-order valence-electron chi connectivity index (χ2n) is 5.58. The molecular formula is C15H19N3O2. The molecule has 0 spiro atoms. The van der Waals surface area contributed by atoms with Gasteiger partial charge in [0.05, 0.1) is 17.8 Å².